The predicted octanol–water partition coefficient (Wildman–Crippen LogP) is 14.0. The van der Waals surface area contributed by atoms with Crippen molar-refractivity contribution in [3.05, 3.63) is 168 Å². The number of hydrogen-bond acceptors (Lipinski definition) is 4. The Labute approximate surface area is 354 Å². The molecule has 0 unspecified atom stereocenters. The van der Waals surface area contributed by atoms with E-state index in [-0.39, 0.29) is 43.1 Å². The van der Waals surface area contributed by atoms with E-state index in [9.17, 15) is 5.11 Å². The maximum atomic E-state index is 12.0. The first-order chi connectivity index (χ1) is 26.6. The first-order valence-electron chi connectivity index (χ1n) is 19.5. The number of benzene rings is 5. The molecule has 7 aromatic rings. The Balaban J connectivity index is 0.00000549. The fourth-order valence-corrected chi connectivity index (χ4v) is 7.14. The van der Waals surface area contributed by atoms with Gasteiger partial charge in [-0.15, -0.1) is 29.8 Å². The summed E-state index contributed by atoms with van der Waals surface area (Å²) in [6.07, 6.45) is 1.84. The number of phenols is 1. The Morgan fingerprint density at radius 2 is 1.07 bits per heavy atom. The number of phenolic OH excluding ortho intramolecular Hbond substituents is 1. The van der Waals surface area contributed by atoms with Crippen molar-refractivity contribution in [2.45, 2.75) is 78.6 Å². The number of hydrogen-bond donors (Lipinski definition) is 1. The van der Waals surface area contributed by atoms with Gasteiger partial charge in [0, 0.05) is 49.5 Å². The molecule has 2 aromatic heterocycles. The zero-order valence-electron chi connectivity index (χ0n) is 34.5. The summed E-state index contributed by atoms with van der Waals surface area (Å²) in [5, 5.41) is 12.0. The fourth-order valence-electron chi connectivity index (χ4n) is 7.14. The molecule has 0 bridgehead atoms. The van der Waals surface area contributed by atoms with Crippen LogP contribution in [0.25, 0.3) is 44.8 Å². The molecular weight excluding hydrogens is 878 g/mol. The Bertz CT molecular complexity index is 2420. The molecule has 292 valence electrons. The van der Waals surface area contributed by atoms with Crippen molar-refractivity contribution in [1.82, 2.24) is 9.97 Å². The van der Waals surface area contributed by atoms with Crippen LogP contribution in [0, 0.1) is 6.07 Å². The second-order valence-electron chi connectivity index (χ2n) is 17.7. The van der Waals surface area contributed by atoms with Crippen molar-refractivity contribution in [3.63, 3.8) is 0 Å². The molecule has 0 saturated carbocycles. The standard InChI is InChI=1S/C52H52N3O.Pt/c1-50(2,3)38-31-43(49(56)44(32-38)52(7,8)9)46-34-39(51(4,5)6)33-45(54-46)37-24-18-25-40(30-37)55(47-28-16-17-29-53-47)48-41(35-20-12-10-13-21-35)26-19-27-42(48)36-22-14-11-15-23-36;/h10-29,31-34,56H,1-9H3;/q-1;. The third kappa shape index (κ3) is 8.82. The quantitative estimate of drug-likeness (QED) is 0.162. The van der Waals surface area contributed by atoms with Gasteiger partial charge in [-0.3, -0.25) is 4.98 Å². The molecule has 4 nitrogen and oxygen atoms in total. The Morgan fingerprint density at radius 3 is 1.61 bits per heavy atom. The third-order valence-electron chi connectivity index (χ3n) is 10.4. The van der Waals surface area contributed by atoms with Crippen LogP contribution in [-0.4, -0.2) is 15.1 Å². The van der Waals surface area contributed by atoms with E-state index >= 15 is 0 Å². The summed E-state index contributed by atoms with van der Waals surface area (Å²) in [6.45, 7) is 19.7. The molecule has 0 aliphatic rings. The molecule has 0 aliphatic carbocycles. The summed E-state index contributed by atoms with van der Waals surface area (Å²) in [4.78, 5) is 12.5. The average molecular weight is 930 g/mol. The van der Waals surface area contributed by atoms with Gasteiger partial charge in [0.2, 0.25) is 0 Å². The van der Waals surface area contributed by atoms with E-state index in [0.717, 1.165) is 78.7 Å². The molecule has 7 rings (SSSR count). The first kappa shape index (κ1) is 41.3. The largest absolute Gasteiger partial charge is 0.507 e. The van der Waals surface area contributed by atoms with E-state index in [1.165, 1.54) is 0 Å². The fraction of sp³-hybridized carbons (Fsp3) is 0.231. The molecule has 5 heteroatoms. The Morgan fingerprint density at radius 1 is 0.526 bits per heavy atom. The van der Waals surface area contributed by atoms with Crippen molar-refractivity contribution >= 4 is 17.2 Å². The van der Waals surface area contributed by atoms with Gasteiger partial charge in [0.15, 0.2) is 0 Å². The molecule has 0 amide bonds. The average Bonchev–Trinajstić information content (AvgIpc) is 3.18. The minimum atomic E-state index is -0.268. The Kier molecular flexibility index (Phi) is 11.8. The van der Waals surface area contributed by atoms with Crippen LogP contribution in [0.1, 0.15) is 79.0 Å². The second-order valence-corrected chi connectivity index (χ2v) is 17.7. The first-order valence-corrected chi connectivity index (χ1v) is 19.5. The maximum Gasteiger partial charge on any atom is 0.136 e. The van der Waals surface area contributed by atoms with E-state index in [2.05, 4.69) is 182 Å². The number of nitrogens with zero attached hydrogens (tertiary/aromatic N) is 3. The van der Waals surface area contributed by atoms with Crippen LogP contribution < -0.4 is 4.90 Å². The van der Waals surface area contributed by atoms with Gasteiger partial charge in [0.1, 0.15) is 11.6 Å². The molecule has 0 spiro atoms. The van der Waals surface area contributed by atoms with Crippen LogP contribution in [0.3, 0.4) is 0 Å². The summed E-state index contributed by atoms with van der Waals surface area (Å²) in [6, 6.07) is 52.2. The second kappa shape index (κ2) is 16.3. The van der Waals surface area contributed by atoms with Crippen molar-refractivity contribution in [2.24, 2.45) is 0 Å². The van der Waals surface area contributed by atoms with E-state index < -0.39 is 0 Å². The summed E-state index contributed by atoms with van der Waals surface area (Å²) < 4.78 is 0. The third-order valence-corrected chi connectivity index (χ3v) is 10.4. The summed E-state index contributed by atoms with van der Waals surface area (Å²) in [7, 11) is 0. The summed E-state index contributed by atoms with van der Waals surface area (Å²) in [5.74, 6) is 1.05. The minimum Gasteiger partial charge on any atom is -0.507 e. The topological polar surface area (TPSA) is 49.2 Å². The van der Waals surface area contributed by atoms with Gasteiger partial charge in [-0.2, -0.15) is 0 Å². The zero-order chi connectivity index (χ0) is 39.8. The van der Waals surface area contributed by atoms with Crippen LogP contribution in [0.2, 0.25) is 0 Å². The molecule has 57 heavy (non-hydrogen) atoms. The summed E-state index contributed by atoms with van der Waals surface area (Å²) >= 11 is 0. The molecule has 1 N–H and O–H groups in total. The normalized spacial score (nSPS) is 11.9. The van der Waals surface area contributed by atoms with Crippen LogP contribution in [0.4, 0.5) is 17.2 Å². The van der Waals surface area contributed by atoms with E-state index in [1.807, 2.05) is 36.5 Å². The molecule has 0 saturated heterocycles. The van der Waals surface area contributed by atoms with Gasteiger partial charge in [-0.05, 0) is 74.1 Å². The Hall–Kier alpha value is -5.31. The minimum absolute atomic E-state index is 0. The monoisotopic (exact) mass is 929 g/mol. The number of rotatable bonds is 7. The van der Waals surface area contributed by atoms with Gasteiger partial charge < -0.3 is 10.0 Å². The molecule has 5 aromatic carbocycles. The molecule has 0 radical (unpaired) electrons. The number of anilines is 3. The van der Waals surface area contributed by atoms with Gasteiger partial charge >= 0.3 is 0 Å². The van der Waals surface area contributed by atoms with Gasteiger partial charge in [-0.25, -0.2) is 4.98 Å². The van der Waals surface area contributed by atoms with E-state index in [0.29, 0.717) is 0 Å². The van der Waals surface area contributed by atoms with Crippen molar-refractivity contribution in [2.75, 3.05) is 4.90 Å². The number of aromatic nitrogens is 2. The molecule has 0 atom stereocenters. The van der Waals surface area contributed by atoms with Crippen LogP contribution >= 0.6 is 0 Å². The SMILES string of the molecule is CC(C)(C)c1cc(-c2[c-]c(N(c3ccccn3)c3c(-c4ccccc4)cccc3-c3ccccc3)ccc2)nc(-c2cc(C(C)(C)C)cc(C(C)(C)C)c2O)c1.[Pt]. The molecule has 0 fully saturated rings. The molecular formula is C52H52N3OPt-. The maximum absolute atomic E-state index is 12.0. The van der Waals surface area contributed by atoms with Crippen molar-refractivity contribution in [3.8, 4) is 50.5 Å². The summed E-state index contributed by atoms with van der Waals surface area (Å²) in [5.41, 5.74) is 11.9. The molecule has 0 aliphatic heterocycles. The predicted molar refractivity (Wildman–Crippen MR) is 235 cm³/mol. The van der Waals surface area contributed by atoms with Gasteiger partial charge in [0.25, 0.3) is 0 Å². The van der Waals surface area contributed by atoms with E-state index in [4.69, 9.17) is 9.97 Å². The number of pyridine rings is 2. The zero-order valence-corrected chi connectivity index (χ0v) is 36.7. The van der Waals surface area contributed by atoms with Crippen molar-refractivity contribution in [1.29, 1.82) is 0 Å². The number of para-hydroxylation sites is 1. The van der Waals surface area contributed by atoms with Crippen molar-refractivity contribution < 1.29 is 26.2 Å². The van der Waals surface area contributed by atoms with Gasteiger partial charge in [-0.1, -0.05) is 159 Å². The van der Waals surface area contributed by atoms with Gasteiger partial charge in [0.05, 0.1) is 11.4 Å². The number of aromatic hydroxyl groups is 1. The van der Waals surface area contributed by atoms with Crippen LogP contribution in [0.15, 0.2) is 146 Å². The molecule has 2 heterocycles. The smallest absolute Gasteiger partial charge is 0.136 e. The van der Waals surface area contributed by atoms with E-state index in [1.54, 1.807) is 0 Å². The van der Waals surface area contributed by atoms with Crippen LogP contribution in [0.5, 0.6) is 5.75 Å². The van der Waals surface area contributed by atoms with Crippen LogP contribution in [-0.2, 0) is 37.3 Å².